The van der Waals surface area contributed by atoms with Gasteiger partial charge in [0.15, 0.2) is 0 Å². The summed E-state index contributed by atoms with van der Waals surface area (Å²) < 4.78 is 4.80. The third-order valence-corrected chi connectivity index (χ3v) is 4.32. The zero-order chi connectivity index (χ0) is 16.3. The Morgan fingerprint density at radius 2 is 1.57 bits per heavy atom. The van der Waals surface area contributed by atoms with Gasteiger partial charge >= 0.3 is 5.97 Å². The van der Waals surface area contributed by atoms with Crippen LogP contribution in [0.1, 0.15) is 72.6 Å². The molecule has 0 aliphatic rings. The van der Waals surface area contributed by atoms with E-state index >= 15 is 0 Å². The van der Waals surface area contributed by atoms with E-state index in [4.69, 9.17) is 4.74 Å². The summed E-state index contributed by atoms with van der Waals surface area (Å²) in [6.45, 7) is 12.7. The molecule has 0 fully saturated rings. The molecule has 2 nitrogen and oxygen atoms in total. The van der Waals surface area contributed by atoms with E-state index in [1.165, 1.54) is 39.2 Å². The maximum atomic E-state index is 11.5. The van der Waals surface area contributed by atoms with Gasteiger partial charge in [-0.05, 0) is 49.9 Å². The van der Waals surface area contributed by atoms with Crippen molar-refractivity contribution in [3.63, 3.8) is 0 Å². The van der Waals surface area contributed by atoms with Crippen molar-refractivity contribution in [1.29, 1.82) is 0 Å². The van der Waals surface area contributed by atoms with E-state index in [2.05, 4.69) is 27.4 Å². The monoisotopic (exact) mass is 296 g/mol. The summed E-state index contributed by atoms with van der Waals surface area (Å²) in [5, 5.41) is 0. The van der Waals surface area contributed by atoms with Gasteiger partial charge in [0, 0.05) is 0 Å². The van der Waals surface area contributed by atoms with Gasteiger partial charge in [-0.1, -0.05) is 46.6 Å². The van der Waals surface area contributed by atoms with Gasteiger partial charge in [0.05, 0.1) is 13.0 Å². The van der Waals surface area contributed by atoms with E-state index in [0.717, 1.165) is 24.7 Å². The summed E-state index contributed by atoms with van der Waals surface area (Å²) in [6, 6.07) is 0. The Bertz CT molecular complexity index is 285. The smallest absolute Gasteiger partial charge is 0.308 e. The normalized spacial score (nSPS) is 16.8. The minimum Gasteiger partial charge on any atom is -0.469 e. The van der Waals surface area contributed by atoms with Crippen LogP contribution >= 0.6 is 0 Å². The molecule has 0 aromatic carbocycles. The predicted molar refractivity (Wildman–Crippen MR) is 91.2 cm³/mol. The number of carbonyl (C=O) groups is 1. The maximum absolute atomic E-state index is 11.5. The van der Waals surface area contributed by atoms with Crippen molar-refractivity contribution in [3.8, 4) is 0 Å². The van der Waals surface area contributed by atoms with Crippen LogP contribution in [0.15, 0.2) is 12.7 Å². The minimum atomic E-state index is -0.0786. The van der Waals surface area contributed by atoms with Gasteiger partial charge in [-0.2, -0.15) is 0 Å². The third kappa shape index (κ3) is 10.6. The van der Waals surface area contributed by atoms with E-state index in [1.54, 1.807) is 0 Å². The average molecular weight is 296 g/mol. The Labute approximate surface area is 132 Å². The van der Waals surface area contributed by atoms with Gasteiger partial charge in [0.2, 0.25) is 0 Å². The standard InChI is InChI=1S/C19H36O2/c1-7-8-9-10-11-15(2)12-16(3)13-17(4)14-18(5)19(20)21-6/h7,15-18H,1,8-14H2,2-6H3/t15-,16-,17-,18-/m1/s1. The average Bonchev–Trinajstić information content (AvgIpc) is 2.42. The molecule has 4 atom stereocenters. The fourth-order valence-electron chi connectivity index (χ4n) is 3.37. The summed E-state index contributed by atoms with van der Waals surface area (Å²) in [7, 11) is 1.47. The number of methoxy groups -OCH3 is 1. The highest BCUT2D eigenvalue weighted by Crippen LogP contribution is 2.26. The summed E-state index contributed by atoms with van der Waals surface area (Å²) in [5.74, 6) is 2.06. The molecule has 0 aliphatic carbocycles. The van der Waals surface area contributed by atoms with Crippen LogP contribution in [0.4, 0.5) is 0 Å². The Morgan fingerprint density at radius 1 is 1.00 bits per heavy atom. The van der Waals surface area contributed by atoms with E-state index < -0.39 is 0 Å². The van der Waals surface area contributed by atoms with Gasteiger partial charge in [-0.3, -0.25) is 4.79 Å². The number of esters is 1. The Hall–Kier alpha value is -0.790. The first-order chi connectivity index (χ1) is 9.90. The molecule has 0 rings (SSSR count). The molecular weight excluding hydrogens is 260 g/mol. The van der Waals surface area contributed by atoms with Crippen molar-refractivity contribution in [2.24, 2.45) is 23.7 Å². The summed E-state index contributed by atoms with van der Waals surface area (Å²) in [6.07, 6.45) is 10.5. The topological polar surface area (TPSA) is 26.3 Å². The van der Waals surface area contributed by atoms with Crippen molar-refractivity contribution >= 4 is 5.97 Å². The second-order valence-corrected chi connectivity index (χ2v) is 7.02. The molecule has 0 aromatic heterocycles. The number of carbonyl (C=O) groups excluding carboxylic acids is 1. The van der Waals surface area contributed by atoms with Gasteiger partial charge in [-0.25, -0.2) is 0 Å². The number of hydrogen-bond acceptors (Lipinski definition) is 2. The van der Waals surface area contributed by atoms with Crippen molar-refractivity contribution in [1.82, 2.24) is 0 Å². The molecule has 0 bridgehead atoms. The molecule has 124 valence electrons. The lowest BCUT2D eigenvalue weighted by Gasteiger charge is -2.22. The molecule has 0 N–H and O–H groups in total. The second-order valence-electron chi connectivity index (χ2n) is 7.02. The van der Waals surface area contributed by atoms with Gasteiger partial charge in [0.25, 0.3) is 0 Å². The van der Waals surface area contributed by atoms with Crippen molar-refractivity contribution in [2.75, 3.05) is 7.11 Å². The lowest BCUT2D eigenvalue weighted by atomic mass is 9.84. The molecule has 0 aromatic rings. The quantitative estimate of drug-likeness (QED) is 0.265. The van der Waals surface area contributed by atoms with Crippen molar-refractivity contribution < 1.29 is 9.53 Å². The molecule has 0 spiro atoms. The van der Waals surface area contributed by atoms with Crippen molar-refractivity contribution in [3.05, 3.63) is 12.7 Å². The van der Waals surface area contributed by atoms with Crippen LogP contribution in [0.5, 0.6) is 0 Å². The Kier molecular flexibility index (Phi) is 11.4. The Balaban J connectivity index is 3.87. The van der Waals surface area contributed by atoms with Gasteiger partial charge < -0.3 is 4.74 Å². The molecule has 0 saturated carbocycles. The molecule has 21 heavy (non-hydrogen) atoms. The lowest BCUT2D eigenvalue weighted by molar-refractivity contribution is -0.145. The molecule has 0 amide bonds. The molecule has 0 unspecified atom stereocenters. The highest BCUT2D eigenvalue weighted by molar-refractivity contribution is 5.71. The number of hydrogen-bond donors (Lipinski definition) is 0. The SMILES string of the molecule is C=CCCCC[C@@H](C)C[C@@H](C)C[C@@H](C)C[C@@H](C)C(=O)OC. The zero-order valence-electron chi connectivity index (χ0n) is 14.9. The highest BCUT2D eigenvalue weighted by Gasteiger charge is 2.19. The first-order valence-electron chi connectivity index (χ1n) is 8.59. The molecule has 2 heteroatoms. The first-order valence-corrected chi connectivity index (χ1v) is 8.59. The van der Waals surface area contributed by atoms with Crippen LogP contribution in [0.25, 0.3) is 0 Å². The minimum absolute atomic E-state index is 0.0218. The van der Waals surface area contributed by atoms with E-state index in [1.807, 2.05) is 13.0 Å². The molecule has 0 radical (unpaired) electrons. The molecule has 0 aliphatic heterocycles. The highest BCUT2D eigenvalue weighted by atomic mass is 16.5. The van der Waals surface area contributed by atoms with E-state index in [9.17, 15) is 4.79 Å². The van der Waals surface area contributed by atoms with E-state index in [0.29, 0.717) is 5.92 Å². The maximum Gasteiger partial charge on any atom is 0.308 e. The number of allylic oxidation sites excluding steroid dienone is 1. The third-order valence-electron chi connectivity index (χ3n) is 4.32. The fraction of sp³-hybridized carbons (Fsp3) is 0.842. The van der Waals surface area contributed by atoms with Crippen molar-refractivity contribution in [2.45, 2.75) is 72.6 Å². The van der Waals surface area contributed by atoms with Crippen LogP contribution in [0.2, 0.25) is 0 Å². The number of ether oxygens (including phenoxy) is 1. The summed E-state index contributed by atoms with van der Waals surface area (Å²) in [4.78, 5) is 11.5. The number of unbranched alkanes of at least 4 members (excludes halogenated alkanes) is 2. The van der Waals surface area contributed by atoms with Crippen LogP contribution in [0.3, 0.4) is 0 Å². The second kappa shape index (κ2) is 11.8. The van der Waals surface area contributed by atoms with Crippen LogP contribution in [-0.2, 0) is 9.53 Å². The zero-order valence-corrected chi connectivity index (χ0v) is 14.9. The molecule has 0 saturated heterocycles. The van der Waals surface area contributed by atoms with Crippen LogP contribution in [0, 0.1) is 23.7 Å². The summed E-state index contributed by atoms with van der Waals surface area (Å²) >= 11 is 0. The van der Waals surface area contributed by atoms with Crippen LogP contribution < -0.4 is 0 Å². The first kappa shape index (κ1) is 20.2. The Morgan fingerprint density at radius 3 is 2.14 bits per heavy atom. The van der Waals surface area contributed by atoms with Gasteiger partial charge in [-0.15, -0.1) is 6.58 Å². The number of rotatable bonds is 12. The molecular formula is C19H36O2. The fourth-order valence-corrected chi connectivity index (χ4v) is 3.37. The largest absolute Gasteiger partial charge is 0.469 e. The molecule has 0 heterocycles. The van der Waals surface area contributed by atoms with Crippen LogP contribution in [-0.4, -0.2) is 13.1 Å². The van der Waals surface area contributed by atoms with Gasteiger partial charge in [0.1, 0.15) is 0 Å². The predicted octanol–water partition coefficient (Wildman–Crippen LogP) is 5.62. The van der Waals surface area contributed by atoms with E-state index in [-0.39, 0.29) is 11.9 Å². The lowest BCUT2D eigenvalue weighted by Crippen LogP contribution is -2.17. The summed E-state index contributed by atoms with van der Waals surface area (Å²) in [5.41, 5.74) is 0.